The van der Waals surface area contributed by atoms with Crippen LogP contribution >= 0.6 is 0 Å². The molecule has 0 saturated heterocycles. The lowest BCUT2D eigenvalue weighted by Crippen LogP contribution is -2.24. The first-order valence-electron chi connectivity index (χ1n) is 7.23. The zero-order valence-corrected chi connectivity index (χ0v) is 13.0. The van der Waals surface area contributed by atoms with Crippen molar-refractivity contribution in [3.63, 3.8) is 0 Å². The van der Waals surface area contributed by atoms with Gasteiger partial charge >= 0.3 is 0 Å². The minimum absolute atomic E-state index is 0.0680. The van der Waals surface area contributed by atoms with E-state index >= 15 is 0 Å². The third-order valence-electron chi connectivity index (χ3n) is 3.80. The molecule has 2 aromatic carbocycles. The van der Waals surface area contributed by atoms with E-state index in [9.17, 15) is 9.59 Å². The maximum absolute atomic E-state index is 12.6. The van der Waals surface area contributed by atoms with Gasteiger partial charge in [0.15, 0.2) is 0 Å². The molecule has 0 atom stereocenters. The summed E-state index contributed by atoms with van der Waals surface area (Å²) < 4.78 is 1.73. The number of carbonyl (C=O) groups excluding carboxylic acids is 1. The summed E-state index contributed by atoms with van der Waals surface area (Å²) in [6.07, 6.45) is 1.54. The Morgan fingerprint density at radius 3 is 2.52 bits per heavy atom. The summed E-state index contributed by atoms with van der Waals surface area (Å²) in [6.45, 7) is 1.97. The number of rotatable bonds is 2. The first-order valence-corrected chi connectivity index (χ1v) is 7.23. The average molecular weight is 307 g/mol. The van der Waals surface area contributed by atoms with Gasteiger partial charge < -0.3 is 15.6 Å². The molecule has 3 N–H and O–H groups in total. The zero-order chi connectivity index (χ0) is 16.6. The van der Waals surface area contributed by atoms with Crippen molar-refractivity contribution >= 4 is 28.2 Å². The van der Waals surface area contributed by atoms with Crippen LogP contribution < -0.4 is 16.5 Å². The Hall–Kier alpha value is -3.08. The molecule has 0 aliphatic rings. The third kappa shape index (κ3) is 2.68. The Kier molecular flexibility index (Phi) is 3.62. The standard InChI is InChI=1S/C18H17N3O2/c1-11-6-8-12(9-7-11)20-18(23)13-10-21(2)15-5-3-4-14(19)16(15)17(13)22/h3-10H,19H2,1-2H3,(H,20,23). The predicted octanol–water partition coefficient (Wildman–Crippen LogP) is 2.68. The van der Waals surface area contributed by atoms with Crippen molar-refractivity contribution < 1.29 is 4.79 Å². The van der Waals surface area contributed by atoms with Gasteiger partial charge in [-0.1, -0.05) is 23.8 Å². The Bertz CT molecular complexity index is 956. The Balaban J connectivity index is 2.07. The van der Waals surface area contributed by atoms with E-state index in [4.69, 9.17) is 5.73 Å². The first-order chi connectivity index (χ1) is 11.0. The molecule has 1 heterocycles. The van der Waals surface area contributed by atoms with Gasteiger partial charge in [-0.15, -0.1) is 0 Å². The average Bonchev–Trinajstić information content (AvgIpc) is 2.53. The van der Waals surface area contributed by atoms with Crippen molar-refractivity contribution in [3.8, 4) is 0 Å². The van der Waals surface area contributed by atoms with E-state index in [1.54, 1.807) is 41.9 Å². The number of aromatic nitrogens is 1. The number of nitrogens with two attached hydrogens (primary N) is 1. The van der Waals surface area contributed by atoms with E-state index in [0.29, 0.717) is 22.3 Å². The zero-order valence-electron chi connectivity index (χ0n) is 13.0. The summed E-state index contributed by atoms with van der Waals surface area (Å²) in [5.74, 6) is -0.445. The highest BCUT2D eigenvalue weighted by Gasteiger charge is 2.16. The van der Waals surface area contributed by atoms with Gasteiger partial charge in [-0.05, 0) is 31.2 Å². The molecule has 5 nitrogen and oxygen atoms in total. The SMILES string of the molecule is Cc1ccc(NC(=O)c2cn(C)c3cccc(N)c3c2=O)cc1. The highest BCUT2D eigenvalue weighted by Crippen LogP contribution is 2.18. The molecule has 3 aromatic rings. The van der Waals surface area contributed by atoms with Crippen molar-refractivity contribution in [2.45, 2.75) is 6.92 Å². The molecule has 5 heteroatoms. The summed E-state index contributed by atoms with van der Waals surface area (Å²) in [5.41, 5.74) is 8.43. The molecule has 0 spiro atoms. The van der Waals surface area contributed by atoms with E-state index in [1.165, 1.54) is 6.20 Å². The third-order valence-corrected chi connectivity index (χ3v) is 3.80. The number of fused-ring (bicyclic) bond motifs is 1. The molecule has 0 saturated carbocycles. The van der Waals surface area contributed by atoms with E-state index < -0.39 is 5.91 Å². The van der Waals surface area contributed by atoms with Crippen LogP contribution in [0.1, 0.15) is 15.9 Å². The molecule has 0 bridgehead atoms. The highest BCUT2D eigenvalue weighted by molar-refractivity contribution is 6.06. The van der Waals surface area contributed by atoms with Gasteiger partial charge in [-0.25, -0.2) is 0 Å². The van der Waals surface area contributed by atoms with Crippen molar-refractivity contribution in [2.24, 2.45) is 7.05 Å². The second-order valence-corrected chi connectivity index (χ2v) is 5.54. The number of aryl methyl sites for hydroxylation is 2. The minimum Gasteiger partial charge on any atom is -0.398 e. The molecule has 23 heavy (non-hydrogen) atoms. The van der Waals surface area contributed by atoms with Crippen molar-refractivity contribution in [3.05, 3.63) is 70.0 Å². The number of anilines is 2. The second-order valence-electron chi connectivity index (χ2n) is 5.54. The number of hydrogen-bond donors (Lipinski definition) is 2. The number of hydrogen-bond acceptors (Lipinski definition) is 3. The first kappa shape index (κ1) is 14.8. The quantitative estimate of drug-likeness (QED) is 0.715. The van der Waals surface area contributed by atoms with E-state index in [2.05, 4.69) is 5.32 Å². The monoisotopic (exact) mass is 307 g/mol. The van der Waals surface area contributed by atoms with Gasteiger partial charge in [-0.3, -0.25) is 9.59 Å². The van der Waals surface area contributed by atoms with Crippen LogP contribution in [-0.4, -0.2) is 10.5 Å². The molecule has 0 aliphatic heterocycles. The molecule has 0 fully saturated rings. The maximum Gasteiger partial charge on any atom is 0.261 e. The van der Waals surface area contributed by atoms with Gasteiger partial charge in [0.05, 0.1) is 10.9 Å². The summed E-state index contributed by atoms with van der Waals surface area (Å²) in [5, 5.41) is 3.11. The van der Waals surface area contributed by atoms with Crippen LogP contribution in [0.2, 0.25) is 0 Å². The Morgan fingerprint density at radius 2 is 1.83 bits per heavy atom. The molecule has 0 unspecified atom stereocenters. The van der Waals surface area contributed by atoms with Gasteiger partial charge in [0.25, 0.3) is 5.91 Å². The minimum atomic E-state index is -0.445. The summed E-state index contributed by atoms with van der Waals surface area (Å²) in [6, 6.07) is 12.6. The van der Waals surface area contributed by atoms with Crippen LogP contribution in [0.3, 0.4) is 0 Å². The topological polar surface area (TPSA) is 77.1 Å². The smallest absolute Gasteiger partial charge is 0.261 e. The predicted molar refractivity (Wildman–Crippen MR) is 92.7 cm³/mol. The fraction of sp³-hybridized carbons (Fsp3) is 0.111. The van der Waals surface area contributed by atoms with E-state index in [0.717, 1.165) is 5.56 Å². The van der Waals surface area contributed by atoms with Crippen LogP contribution in [0.25, 0.3) is 10.9 Å². The largest absolute Gasteiger partial charge is 0.398 e. The molecule has 0 aliphatic carbocycles. The number of nitrogen functional groups attached to an aromatic ring is 1. The Labute approximate surface area is 133 Å². The number of nitrogens with zero attached hydrogens (tertiary/aromatic N) is 1. The lowest BCUT2D eigenvalue weighted by Gasteiger charge is -2.11. The summed E-state index contributed by atoms with van der Waals surface area (Å²) >= 11 is 0. The van der Waals surface area contributed by atoms with Gasteiger partial charge in [0, 0.05) is 24.6 Å². The second kappa shape index (κ2) is 5.61. The van der Waals surface area contributed by atoms with Crippen LogP contribution in [0, 0.1) is 6.92 Å². The molecular formula is C18H17N3O2. The number of amides is 1. The van der Waals surface area contributed by atoms with Crippen molar-refractivity contribution in [1.82, 2.24) is 4.57 Å². The van der Waals surface area contributed by atoms with Gasteiger partial charge in [0.2, 0.25) is 5.43 Å². The fourth-order valence-corrected chi connectivity index (χ4v) is 2.55. The lowest BCUT2D eigenvalue weighted by molar-refractivity contribution is 0.102. The molecule has 3 rings (SSSR count). The number of nitrogens with one attached hydrogen (secondary N) is 1. The Morgan fingerprint density at radius 1 is 1.13 bits per heavy atom. The van der Waals surface area contributed by atoms with Gasteiger partial charge in [0.1, 0.15) is 5.56 Å². The summed E-state index contributed by atoms with van der Waals surface area (Å²) in [4.78, 5) is 25.1. The number of benzene rings is 2. The van der Waals surface area contributed by atoms with E-state index in [1.807, 2.05) is 19.1 Å². The molecular weight excluding hydrogens is 290 g/mol. The van der Waals surface area contributed by atoms with Crippen LogP contribution in [-0.2, 0) is 7.05 Å². The fourth-order valence-electron chi connectivity index (χ4n) is 2.55. The molecule has 1 amide bonds. The van der Waals surface area contributed by atoms with Crippen molar-refractivity contribution in [2.75, 3.05) is 11.1 Å². The number of pyridine rings is 1. The highest BCUT2D eigenvalue weighted by atomic mass is 16.2. The molecule has 1 aromatic heterocycles. The van der Waals surface area contributed by atoms with Crippen LogP contribution in [0.5, 0.6) is 0 Å². The van der Waals surface area contributed by atoms with Crippen LogP contribution in [0.15, 0.2) is 53.5 Å². The normalized spacial score (nSPS) is 10.7. The van der Waals surface area contributed by atoms with Crippen LogP contribution in [0.4, 0.5) is 11.4 Å². The lowest BCUT2D eigenvalue weighted by atomic mass is 10.1. The maximum atomic E-state index is 12.6. The summed E-state index contributed by atoms with van der Waals surface area (Å²) in [7, 11) is 1.78. The number of carbonyl (C=O) groups is 1. The molecule has 0 radical (unpaired) electrons. The van der Waals surface area contributed by atoms with Gasteiger partial charge in [-0.2, -0.15) is 0 Å². The van der Waals surface area contributed by atoms with Crippen molar-refractivity contribution in [1.29, 1.82) is 0 Å². The van der Waals surface area contributed by atoms with E-state index in [-0.39, 0.29) is 11.0 Å². The molecule has 116 valence electrons.